The maximum atomic E-state index is 15.3. The molecule has 6 aliphatic rings. The van der Waals surface area contributed by atoms with Crippen molar-refractivity contribution in [2.45, 2.75) is 73.5 Å². The van der Waals surface area contributed by atoms with Gasteiger partial charge in [-0.05, 0) is 111 Å². The van der Waals surface area contributed by atoms with Gasteiger partial charge in [0.05, 0.1) is 22.1 Å². The van der Waals surface area contributed by atoms with E-state index in [1.165, 1.54) is 5.57 Å². The van der Waals surface area contributed by atoms with Crippen molar-refractivity contribution in [1.82, 2.24) is 4.72 Å². The molecule has 1 spiro atoms. The maximum absolute atomic E-state index is 15.3. The van der Waals surface area contributed by atoms with Crippen LogP contribution in [0.15, 0.2) is 46.9 Å². The molecule has 0 unspecified atom stereocenters. The van der Waals surface area contributed by atoms with Gasteiger partial charge in [-0.2, -0.15) is 0 Å². The average Bonchev–Trinajstić information content (AvgIpc) is 3.10. The molecule has 43 heavy (non-hydrogen) atoms. The van der Waals surface area contributed by atoms with Gasteiger partial charge in [0.25, 0.3) is 5.91 Å². The highest BCUT2D eigenvalue weighted by atomic mass is 35.5. The number of sulfonamides is 1. The third kappa shape index (κ3) is 5.12. The monoisotopic (exact) mass is 644 g/mol. The number of methoxy groups -OCH3 is 1. The van der Waals surface area contributed by atoms with Crippen molar-refractivity contribution >= 4 is 45.0 Å². The first-order valence-electron chi connectivity index (χ1n) is 15.4. The summed E-state index contributed by atoms with van der Waals surface area (Å²) in [7, 11) is -2.07. The SMILES string of the molecule is CO[C@H]1C2=C[C@@H](C2)C[C@@H](C)S(=O)(=O)NC(=O)c2ccc3c(c2)N(C[C@@H]2CC[C@H]21)C[C@@]1(CCCc2c1ccc(Cl)c2F)CS3. The predicted octanol–water partition coefficient (Wildman–Crippen LogP) is 6.50. The molecule has 0 radical (unpaired) electrons. The summed E-state index contributed by atoms with van der Waals surface area (Å²) in [5.74, 6) is 0.827. The van der Waals surface area contributed by atoms with Crippen LogP contribution in [0.25, 0.3) is 0 Å². The summed E-state index contributed by atoms with van der Waals surface area (Å²) in [6.07, 6.45) is 8.20. The average molecular weight is 645 g/mol. The Kier molecular flexibility index (Phi) is 7.63. The van der Waals surface area contributed by atoms with Crippen LogP contribution in [0.4, 0.5) is 10.1 Å². The standard InChI is InChI=1S/C33H38ClFN2O4S2/c1-19-12-20-13-23(14-20)31(41-2)24-7-5-22(24)16-37-17-33(11-3-4-25-26(33)8-9-27(34)30(25)35)18-42-29-10-6-21(15-28(29)37)32(38)36-43(19,39)40/h6,8-10,13,15,19-20,22,24,31H,3-5,7,11-12,14,16-18H2,1-2H3,(H,36,38)/t19-,20+,22+,24-,31+,33+/m1/s1. The van der Waals surface area contributed by atoms with E-state index in [2.05, 4.69) is 15.7 Å². The fraction of sp³-hybridized carbons (Fsp3) is 0.545. The first kappa shape index (κ1) is 29.6. The van der Waals surface area contributed by atoms with Gasteiger partial charge in [0.2, 0.25) is 10.0 Å². The highest BCUT2D eigenvalue weighted by molar-refractivity contribution is 7.99. The van der Waals surface area contributed by atoms with Crippen LogP contribution in [-0.2, 0) is 26.6 Å². The molecule has 4 bridgehead atoms. The van der Waals surface area contributed by atoms with Crippen LogP contribution in [0.1, 0.15) is 66.9 Å². The molecule has 6 nitrogen and oxygen atoms in total. The molecule has 10 heteroatoms. The summed E-state index contributed by atoms with van der Waals surface area (Å²) in [5.41, 5.74) is 4.02. The zero-order valence-electron chi connectivity index (χ0n) is 24.6. The lowest BCUT2D eigenvalue weighted by atomic mass is 9.65. The van der Waals surface area contributed by atoms with Gasteiger partial charge in [0.1, 0.15) is 5.82 Å². The Morgan fingerprint density at radius 1 is 1.21 bits per heavy atom. The van der Waals surface area contributed by atoms with Crippen LogP contribution in [0, 0.1) is 23.6 Å². The number of allylic oxidation sites excluding steroid dienone is 1. The van der Waals surface area contributed by atoms with Crippen molar-refractivity contribution in [3.8, 4) is 0 Å². The van der Waals surface area contributed by atoms with Crippen molar-refractivity contribution in [2.24, 2.45) is 17.8 Å². The molecule has 1 saturated carbocycles. The fourth-order valence-electron chi connectivity index (χ4n) is 8.17. The molecular formula is C33H38ClFN2O4S2. The second kappa shape index (κ2) is 11.1. The minimum absolute atomic E-state index is 0.0299. The minimum Gasteiger partial charge on any atom is -0.377 e. The molecule has 2 aromatic carbocycles. The smallest absolute Gasteiger partial charge is 0.264 e. The molecule has 3 heterocycles. The van der Waals surface area contributed by atoms with Gasteiger partial charge in [0.15, 0.2) is 0 Å². The van der Waals surface area contributed by atoms with Crippen LogP contribution in [0.3, 0.4) is 0 Å². The zero-order chi connectivity index (χ0) is 30.1. The lowest BCUT2D eigenvalue weighted by Crippen LogP contribution is -2.50. The summed E-state index contributed by atoms with van der Waals surface area (Å²) in [5, 5.41) is -0.529. The number of hydrogen-bond acceptors (Lipinski definition) is 6. The van der Waals surface area contributed by atoms with E-state index in [9.17, 15) is 13.2 Å². The lowest BCUT2D eigenvalue weighted by Gasteiger charge is -2.48. The molecule has 1 fully saturated rings. The van der Waals surface area contributed by atoms with Crippen LogP contribution in [0.2, 0.25) is 5.02 Å². The van der Waals surface area contributed by atoms with Crippen molar-refractivity contribution in [1.29, 1.82) is 0 Å². The van der Waals surface area contributed by atoms with E-state index >= 15 is 4.39 Å². The molecule has 2 aromatic rings. The molecule has 1 N–H and O–H groups in total. The molecule has 230 valence electrons. The summed E-state index contributed by atoms with van der Waals surface area (Å²) in [6, 6.07) is 9.24. The Labute approximate surface area is 262 Å². The number of fused-ring (bicyclic) bond motifs is 6. The summed E-state index contributed by atoms with van der Waals surface area (Å²) < 4.78 is 50.1. The third-order valence-corrected chi connectivity index (χ3v) is 14.1. The molecule has 0 saturated heterocycles. The summed E-state index contributed by atoms with van der Waals surface area (Å²) in [4.78, 5) is 16.8. The maximum Gasteiger partial charge on any atom is 0.264 e. The van der Waals surface area contributed by atoms with Crippen molar-refractivity contribution in [2.75, 3.05) is 30.9 Å². The van der Waals surface area contributed by atoms with E-state index < -0.39 is 21.2 Å². The van der Waals surface area contributed by atoms with E-state index in [1.54, 1.807) is 37.9 Å². The van der Waals surface area contributed by atoms with Gasteiger partial charge in [-0.15, -0.1) is 11.8 Å². The number of nitrogens with zero attached hydrogens (tertiary/aromatic N) is 1. The normalized spacial score (nSPS) is 33.2. The number of anilines is 1. The fourth-order valence-corrected chi connectivity index (χ4v) is 10.7. The second-order valence-corrected chi connectivity index (χ2v) is 16.8. The number of carbonyl (C=O) groups is 1. The van der Waals surface area contributed by atoms with Gasteiger partial charge >= 0.3 is 0 Å². The number of nitrogens with one attached hydrogen (secondary N) is 1. The van der Waals surface area contributed by atoms with Gasteiger partial charge in [0, 0.05) is 41.8 Å². The largest absolute Gasteiger partial charge is 0.377 e. The number of thioether (sulfide) groups is 1. The number of hydrogen-bond donors (Lipinski definition) is 1. The molecule has 8 rings (SSSR count). The van der Waals surface area contributed by atoms with Gasteiger partial charge in [-0.25, -0.2) is 17.5 Å². The van der Waals surface area contributed by atoms with E-state index in [0.29, 0.717) is 36.8 Å². The van der Waals surface area contributed by atoms with Gasteiger partial charge < -0.3 is 9.64 Å². The molecule has 6 atom stereocenters. The van der Waals surface area contributed by atoms with Crippen LogP contribution < -0.4 is 9.62 Å². The van der Waals surface area contributed by atoms with E-state index in [1.807, 2.05) is 18.2 Å². The van der Waals surface area contributed by atoms with E-state index in [0.717, 1.165) is 66.1 Å². The van der Waals surface area contributed by atoms with E-state index in [-0.39, 0.29) is 28.3 Å². The topological polar surface area (TPSA) is 75.7 Å². The highest BCUT2D eigenvalue weighted by Gasteiger charge is 2.46. The molecule has 1 amide bonds. The number of amides is 1. The Morgan fingerprint density at radius 2 is 2.02 bits per heavy atom. The van der Waals surface area contributed by atoms with Gasteiger partial charge in [-0.1, -0.05) is 23.7 Å². The minimum atomic E-state index is -3.85. The first-order chi connectivity index (χ1) is 20.6. The number of halogens is 2. The van der Waals surface area contributed by atoms with Crippen molar-refractivity contribution in [3.63, 3.8) is 0 Å². The van der Waals surface area contributed by atoms with Crippen molar-refractivity contribution < 1.29 is 22.3 Å². The second-order valence-electron chi connectivity index (χ2n) is 13.3. The number of ether oxygens (including phenoxy) is 1. The summed E-state index contributed by atoms with van der Waals surface area (Å²) >= 11 is 7.97. The van der Waals surface area contributed by atoms with Crippen LogP contribution >= 0.6 is 23.4 Å². The molecular weight excluding hydrogens is 607 g/mol. The predicted molar refractivity (Wildman–Crippen MR) is 169 cm³/mol. The highest BCUT2D eigenvalue weighted by Crippen LogP contribution is 2.51. The Hall–Kier alpha value is -2.07. The Morgan fingerprint density at radius 3 is 2.77 bits per heavy atom. The molecule has 3 aliphatic heterocycles. The van der Waals surface area contributed by atoms with Crippen molar-refractivity contribution in [3.05, 3.63) is 69.5 Å². The van der Waals surface area contributed by atoms with Crippen LogP contribution in [-0.4, -0.2) is 51.6 Å². The zero-order valence-corrected chi connectivity index (χ0v) is 27.0. The van der Waals surface area contributed by atoms with E-state index in [4.69, 9.17) is 16.3 Å². The number of rotatable bonds is 1. The number of benzene rings is 2. The van der Waals surface area contributed by atoms with Crippen LogP contribution in [0.5, 0.6) is 0 Å². The van der Waals surface area contributed by atoms with Gasteiger partial charge in [-0.3, -0.25) is 4.79 Å². The Balaban J connectivity index is 1.32. The first-order valence-corrected chi connectivity index (χ1v) is 18.3. The molecule has 3 aliphatic carbocycles. The molecule has 0 aromatic heterocycles. The number of carbonyl (C=O) groups excluding carboxylic acids is 1. The Bertz CT molecular complexity index is 1610. The third-order valence-electron chi connectivity index (χ3n) is 10.7. The lowest BCUT2D eigenvalue weighted by molar-refractivity contribution is 0.000438. The summed E-state index contributed by atoms with van der Waals surface area (Å²) in [6.45, 7) is 3.16. The quantitative estimate of drug-likeness (QED) is 0.357.